The van der Waals surface area contributed by atoms with Crippen LogP contribution < -0.4 is 10.2 Å². The number of ether oxygens (including phenoxy) is 1. The molecule has 0 spiro atoms. The number of cyclic esters (lactones) is 1. The van der Waals surface area contributed by atoms with Crippen LogP contribution in [0.25, 0.3) is 0 Å². The number of aromatic nitrogens is 2. The number of carbonyl (C=O) groups is 1. The van der Waals surface area contributed by atoms with Gasteiger partial charge in [-0.1, -0.05) is 30.3 Å². The minimum Gasteiger partial charge on any atom is -0.440 e. The Morgan fingerprint density at radius 2 is 1.96 bits per heavy atom. The summed E-state index contributed by atoms with van der Waals surface area (Å²) >= 11 is 0. The Labute approximate surface area is 153 Å². The van der Waals surface area contributed by atoms with E-state index in [1.165, 1.54) is 12.8 Å². The van der Waals surface area contributed by atoms with E-state index in [2.05, 4.69) is 22.2 Å². The van der Waals surface area contributed by atoms with E-state index < -0.39 is 5.60 Å². The summed E-state index contributed by atoms with van der Waals surface area (Å²) < 4.78 is 5.66. The van der Waals surface area contributed by atoms with Crippen LogP contribution in [0, 0.1) is 5.92 Å². The second-order valence-corrected chi connectivity index (χ2v) is 7.66. The largest absolute Gasteiger partial charge is 0.440 e. The van der Waals surface area contributed by atoms with Crippen LogP contribution in [-0.4, -0.2) is 27.7 Å². The SMILES string of the molecule is C[C@H](Nc1nccc(N2C(=O)OC(C)(C)C2c2ccccc2)n1)C1CC1. The number of nitrogens with one attached hydrogen (secondary N) is 1. The van der Waals surface area contributed by atoms with E-state index >= 15 is 0 Å². The van der Waals surface area contributed by atoms with E-state index in [4.69, 9.17) is 4.74 Å². The minimum atomic E-state index is -0.654. The summed E-state index contributed by atoms with van der Waals surface area (Å²) in [5, 5.41) is 3.36. The molecule has 1 N–H and O–H groups in total. The zero-order valence-corrected chi connectivity index (χ0v) is 15.3. The zero-order valence-electron chi connectivity index (χ0n) is 15.3. The van der Waals surface area contributed by atoms with Crippen molar-refractivity contribution in [1.82, 2.24) is 9.97 Å². The van der Waals surface area contributed by atoms with Crippen molar-refractivity contribution < 1.29 is 9.53 Å². The van der Waals surface area contributed by atoms with E-state index in [-0.39, 0.29) is 12.1 Å². The van der Waals surface area contributed by atoms with Gasteiger partial charge in [0.1, 0.15) is 17.5 Å². The van der Waals surface area contributed by atoms with Gasteiger partial charge in [0.25, 0.3) is 0 Å². The molecule has 0 radical (unpaired) electrons. The number of carbonyl (C=O) groups excluding carboxylic acids is 1. The summed E-state index contributed by atoms with van der Waals surface area (Å²) in [6, 6.07) is 11.8. The lowest BCUT2D eigenvalue weighted by Gasteiger charge is -2.28. The van der Waals surface area contributed by atoms with Gasteiger partial charge in [-0.05, 0) is 51.2 Å². The van der Waals surface area contributed by atoms with Gasteiger partial charge < -0.3 is 10.1 Å². The van der Waals surface area contributed by atoms with E-state index in [0.29, 0.717) is 23.7 Å². The number of amides is 1. The van der Waals surface area contributed by atoms with Crippen LogP contribution in [0.15, 0.2) is 42.6 Å². The molecule has 0 bridgehead atoms. The van der Waals surface area contributed by atoms with Crippen molar-refractivity contribution in [2.24, 2.45) is 5.92 Å². The van der Waals surface area contributed by atoms with Gasteiger partial charge in [0.2, 0.25) is 5.95 Å². The second kappa shape index (κ2) is 6.27. The molecule has 4 rings (SSSR count). The van der Waals surface area contributed by atoms with Crippen LogP contribution in [0.2, 0.25) is 0 Å². The van der Waals surface area contributed by atoms with E-state index in [0.717, 1.165) is 5.56 Å². The van der Waals surface area contributed by atoms with E-state index in [1.807, 2.05) is 44.2 Å². The maximum atomic E-state index is 12.6. The molecule has 1 aromatic carbocycles. The van der Waals surface area contributed by atoms with Crippen molar-refractivity contribution in [2.75, 3.05) is 10.2 Å². The Kier molecular flexibility index (Phi) is 4.05. The third-order valence-corrected chi connectivity index (χ3v) is 5.15. The molecule has 1 saturated carbocycles. The predicted octanol–water partition coefficient (Wildman–Crippen LogP) is 4.16. The van der Waals surface area contributed by atoms with Gasteiger partial charge >= 0.3 is 6.09 Å². The summed E-state index contributed by atoms with van der Waals surface area (Å²) in [7, 11) is 0. The Morgan fingerprint density at radius 3 is 2.65 bits per heavy atom. The van der Waals surface area contributed by atoms with Crippen LogP contribution in [0.5, 0.6) is 0 Å². The molecule has 2 atom stereocenters. The number of rotatable bonds is 5. The Balaban J connectivity index is 1.67. The molecular weight excluding hydrogens is 328 g/mol. The molecule has 6 nitrogen and oxygen atoms in total. The smallest absolute Gasteiger partial charge is 0.416 e. The van der Waals surface area contributed by atoms with Crippen LogP contribution in [0.4, 0.5) is 16.6 Å². The van der Waals surface area contributed by atoms with Crippen molar-refractivity contribution in [1.29, 1.82) is 0 Å². The molecule has 1 amide bonds. The molecule has 2 heterocycles. The lowest BCUT2D eigenvalue weighted by molar-refractivity contribution is 0.0685. The summed E-state index contributed by atoms with van der Waals surface area (Å²) in [6.45, 7) is 6.00. The minimum absolute atomic E-state index is 0.250. The van der Waals surface area contributed by atoms with E-state index in [1.54, 1.807) is 17.2 Å². The summed E-state index contributed by atoms with van der Waals surface area (Å²) in [6.07, 6.45) is 3.79. The molecule has 1 aliphatic carbocycles. The number of hydrogen-bond acceptors (Lipinski definition) is 5. The molecular formula is C20H24N4O2. The first-order valence-corrected chi connectivity index (χ1v) is 9.12. The highest BCUT2D eigenvalue weighted by atomic mass is 16.6. The highest BCUT2D eigenvalue weighted by Crippen LogP contribution is 2.43. The van der Waals surface area contributed by atoms with Crippen molar-refractivity contribution in [2.45, 2.75) is 51.3 Å². The summed E-state index contributed by atoms with van der Waals surface area (Å²) in [5.74, 6) is 1.79. The van der Waals surface area contributed by atoms with Crippen LogP contribution in [-0.2, 0) is 4.74 Å². The topological polar surface area (TPSA) is 67.4 Å². The fraction of sp³-hybridized carbons (Fsp3) is 0.450. The normalized spacial score (nSPS) is 22.8. The molecule has 2 fully saturated rings. The number of nitrogens with zero attached hydrogens (tertiary/aromatic N) is 3. The van der Waals surface area contributed by atoms with Gasteiger partial charge in [0.15, 0.2) is 0 Å². The third-order valence-electron chi connectivity index (χ3n) is 5.15. The van der Waals surface area contributed by atoms with Gasteiger partial charge in [-0.3, -0.25) is 0 Å². The Morgan fingerprint density at radius 1 is 1.23 bits per heavy atom. The molecule has 2 aromatic rings. The van der Waals surface area contributed by atoms with Crippen molar-refractivity contribution in [3.8, 4) is 0 Å². The summed E-state index contributed by atoms with van der Waals surface area (Å²) in [4.78, 5) is 23.2. The molecule has 26 heavy (non-hydrogen) atoms. The fourth-order valence-electron chi connectivity index (χ4n) is 3.63. The van der Waals surface area contributed by atoms with Crippen LogP contribution in [0.3, 0.4) is 0 Å². The van der Waals surface area contributed by atoms with Gasteiger partial charge in [0, 0.05) is 12.2 Å². The Bertz CT molecular complexity index is 804. The van der Waals surface area contributed by atoms with Gasteiger partial charge in [-0.25, -0.2) is 14.7 Å². The lowest BCUT2D eigenvalue weighted by Crippen LogP contribution is -2.34. The van der Waals surface area contributed by atoms with Gasteiger partial charge in [-0.2, -0.15) is 4.98 Å². The van der Waals surface area contributed by atoms with Crippen molar-refractivity contribution in [3.63, 3.8) is 0 Å². The molecule has 6 heteroatoms. The van der Waals surface area contributed by atoms with Gasteiger partial charge in [0.05, 0.1) is 0 Å². The molecule has 1 aromatic heterocycles. The number of anilines is 2. The van der Waals surface area contributed by atoms with Crippen molar-refractivity contribution in [3.05, 3.63) is 48.2 Å². The molecule has 1 aliphatic heterocycles. The molecule has 1 unspecified atom stereocenters. The van der Waals surface area contributed by atoms with E-state index in [9.17, 15) is 4.79 Å². The van der Waals surface area contributed by atoms with Crippen LogP contribution >= 0.6 is 0 Å². The predicted molar refractivity (Wildman–Crippen MR) is 100 cm³/mol. The van der Waals surface area contributed by atoms with Gasteiger partial charge in [-0.15, -0.1) is 0 Å². The maximum absolute atomic E-state index is 12.6. The molecule has 2 aliphatic rings. The summed E-state index contributed by atoms with van der Waals surface area (Å²) in [5.41, 5.74) is 0.362. The van der Waals surface area contributed by atoms with Crippen molar-refractivity contribution >= 4 is 17.9 Å². The standard InChI is InChI=1S/C20H24N4O2/c1-13(14-9-10-14)22-18-21-12-11-16(23-18)24-17(15-7-5-4-6-8-15)20(2,3)26-19(24)25/h4-8,11-14,17H,9-10H2,1-3H3,(H,21,22,23)/t13-,17?/m0/s1. The Hall–Kier alpha value is -2.63. The first kappa shape index (κ1) is 16.8. The first-order valence-electron chi connectivity index (χ1n) is 9.12. The highest BCUT2D eigenvalue weighted by Gasteiger charge is 2.49. The third kappa shape index (κ3) is 3.11. The number of hydrogen-bond donors (Lipinski definition) is 1. The average molecular weight is 352 g/mol. The fourth-order valence-corrected chi connectivity index (χ4v) is 3.63. The average Bonchev–Trinajstić information content (AvgIpc) is 3.41. The highest BCUT2D eigenvalue weighted by molar-refractivity contribution is 5.90. The zero-order chi connectivity index (χ0) is 18.3. The maximum Gasteiger partial charge on any atom is 0.416 e. The monoisotopic (exact) mass is 352 g/mol. The lowest BCUT2D eigenvalue weighted by atomic mass is 9.91. The quantitative estimate of drug-likeness (QED) is 0.875. The second-order valence-electron chi connectivity index (χ2n) is 7.66. The van der Waals surface area contributed by atoms with Crippen LogP contribution in [0.1, 0.15) is 45.2 Å². The molecule has 1 saturated heterocycles. The number of benzene rings is 1. The first-order chi connectivity index (χ1) is 12.5. The molecule has 136 valence electrons.